The summed E-state index contributed by atoms with van der Waals surface area (Å²) in [5.74, 6) is -2.39. The molecule has 82 valence electrons. The van der Waals surface area contributed by atoms with Crippen LogP contribution in [0.5, 0.6) is 0 Å². The van der Waals surface area contributed by atoms with Crippen molar-refractivity contribution in [1.29, 1.82) is 0 Å². The molecule has 7 heteroatoms. The third-order valence-electron chi connectivity index (χ3n) is 1.69. The predicted octanol–water partition coefficient (Wildman–Crippen LogP) is -0.0523. The van der Waals surface area contributed by atoms with E-state index < -0.39 is 24.2 Å². The second kappa shape index (κ2) is 5.01. The Bertz CT molecular complexity index is 311. The highest BCUT2D eigenvalue weighted by molar-refractivity contribution is 9.09. The summed E-state index contributed by atoms with van der Waals surface area (Å²) in [6.07, 6.45) is -0.376. The van der Waals surface area contributed by atoms with E-state index in [9.17, 15) is 19.2 Å². The molecule has 2 amide bonds. The molecule has 0 spiro atoms. The minimum Gasteiger partial charge on any atom is -0.330 e. The number of rotatable bonds is 4. The number of carbonyl (C=O) groups excluding carboxylic acids is 4. The maximum absolute atomic E-state index is 11.0. The summed E-state index contributed by atoms with van der Waals surface area (Å²) in [4.78, 5) is 48.4. The van der Waals surface area contributed by atoms with Gasteiger partial charge >= 0.3 is 5.97 Å². The van der Waals surface area contributed by atoms with E-state index in [4.69, 9.17) is 0 Å². The summed E-state index contributed by atoms with van der Waals surface area (Å²) in [6, 6.07) is 0. The third kappa shape index (κ3) is 3.12. The van der Waals surface area contributed by atoms with Crippen LogP contribution in [-0.2, 0) is 24.0 Å². The highest BCUT2D eigenvalue weighted by Gasteiger charge is 2.33. The number of hydrogen-bond donors (Lipinski definition) is 0. The predicted molar refractivity (Wildman–Crippen MR) is 50.6 cm³/mol. The summed E-state index contributed by atoms with van der Waals surface area (Å²) < 4.78 is 0. The first-order valence-corrected chi connectivity index (χ1v) is 5.31. The van der Waals surface area contributed by atoms with Gasteiger partial charge in [-0.15, -0.1) is 5.06 Å². The molecule has 1 aliphatic rings. The van der Waals surface area contributed by atoms with Gasteiger partial charge in [-0.05, 0) is 0 Å². The van der Waals surface area contributed by atoms with Crippen molar-refractivity contribution in [2.75, 3.05) is 5.33 Å². The van der Waals surface area contributed by atoms with Crippen LogP contribution in [0.15, 0.2) is 0 Å². The van der Waals surface area contributed by atoms with Gasteiger partial charge in [0.15, 0.2) is 5.78 Å². The van der Waals surface area contributed by atoms with E-state index in [0.717, 1.165) is 0 Å². The second-order valence-corrected chi connectivity index (χ2v) is 3.45. The van der Waals surface area contributed by atoms with Gasteiger partial charge in [0, 0.05) is 12.8 Å². The molecule has 0 N–H and O–H groups in total. The van der Waals surface area contributed by atoms with Crippen molar-refractivity contribution in [3.63, 3.8) is 0 Å². The van der Waals surface area contributed by atoms with E-state index in [0.29, 0.717) is 5.06 Å². The van der Waals surface area contributed by atoms with Gasteiger partial charge in [0.25, 0.3) is 11.8 Å². The molecule has 0 aromatic heterocycles. The average Bonchev–Trinajstić information content (AvgIpc) is 2.49. The first-order valence-electron chi connectivity index (χ1n) is 4.19. The van der Waals surface area contributed by atoms with Crippen LogP contribution in [0, 0.1) is 0 Å². The highest BCUT2D eigenvalue weighted by atomic mass is 79.9. The lowest BCUT2D eigenvalue weighted by Crippen LogP contribution is -2.32. The molecule has 1 saturated heterocycles. The number of hydroxylamine groups is 2. The van der Waals surface area contributed by atoms with E-state index in [-0.39, 0.29) is 24.0 Å². The Balaban J connectivity index is 2.47. The molecule has 15 heavy (non-hydrogen) atoms. The largest absolute Gasteiger partial charge is 0.340 e. The van der Waals surface area contributed by atoms with Gasteiger partial charge in [0.2, 0.25) is 0 Å². The zero-order chi connectivity index (χ0) is 11.4. The lowest BCUT2D eigenvalue weighted by atomic mass is 10.3. The number of nitrogens with zero attached hydrogens (tertiary/aromatic N) is 1. The van der Waals surface area contributed by atoms with E-state index in [1.807, 2.05) is 0 Å². The van der Waals surface area contributed by atoms with Gasteiger partial charge in [-0.25, -0.2) is 4.79 Å². The van der Waals surface area contributed by atoms with Crippen molar-refractivity contribution < 1.29 is 24.0 Å². The van der Waals surface area contributed by atoms with Crippen LogP contribution in [0.1, 0.15) is 19.3 Å². The van der Waals surface area contributed by atoms with Crippen LogP contribution in [-0.4, -0.2) is 34.0 Å². The topological polar surface area (TPSA) is 80.8 Å². The van der Waals surface area contributed by atoms with Gasteiger partial charge < -0.3 is 4.84 Å². The lowest BCUT2D eigenvalue weighted by Gasteiger charge is -2.11. The van der Waals surface area contributed by atoms with Gasteiger partial charge in [0.05, 0.1) is 5.33 Å². The molecule has 0 bridgehead atoms. The molecule has 0 aliphatic carbocycles. The summed E-state index contributed by atoms with van der Waals surface area (Å²) in [5, 5.41) is 0.452. The molecule has 0 aromatic carbocycles. The Morgan fingerprint density at radius 1 is 1.27 bits per heavy atom. The maximum Gasteiger partial charge on any atom is 0.340 e. The molecule has 1 heterocycles. The number of carbonyl (C=O) groups is 4. The highest BCUT2D eigenvalue weighted by Crippen LogP contribution is 2.12. The molecular formula is C8H8BrNO5. The fraction of sp³-hybridized carbons (Fsp3) is 0.500. The van der Waals surface area contributed by atoms with Crippen LogP contribution in [0.25, 0.3) is 0 Å². The van der Waals surface area contributed by atoms with Crippen molar-refractivity contribution in [3.8, 4) is 0 Å². The van der Waals surface area contributed by atoms with Gasteiger partial charge in [-0.3, -0.25) is 14.4 Å². The van der Waals surface area contributed by atoms with Gasteiger partial charge in [-0.1, -0.05) is 15.9 Å². The van der Waals surface area contributed by atoms with E-state index in [1.165, 1.54) is 0 Å². The minimum absolute atomic E-state index is 0.0317. The number of ketones is 1. The average molecular weight is 278 g/mol. The monoisotopic (exact) mass is 277 g/mol. The number of amides is 2. The Hall–Kier alpha value is -1.24. The molecule has 6 nitrogen and oxygen atoms in total. The molecule has 1 rings (SSSR count). The fourth-order valence-corrected chi connectivity index (χ4v) is 1.20. The number of Topliss-reactive ketones (excluding diaryl/α,β-unsaturated/α-hetero) is 1. The van der Waals surface area contributed by atoms with Gasteiger partial charge in [0.1, 0.15) is 6.42 Å². The third-order valence-corrected chi connectivity index (χ3v) is 2.31. The smallest absolute Gasteiger partial charge is 0.330 e. The van der Waals surface area contributed by atoms with E-state index in [1.54, 1.807) is 0 Å². The number of alkyl halides is 1. The van der Waals surface area contributed by atoms with E-state index in [2.05, 4.69) is 20.8 Å². The number of halogens is 1. The zero-order valence-electron chi connectivity index (χ0n) is 7.69. The summed E-state index contributed by atoms with van der Waals surface area (Å²) >= 11 is 2.87. The standard InChI is InChI=1S/C8H8BrNO5/c9-4-5(11)3-8(14)15-10-6(12)1-2-7(10)13/h1-4H2. The SMILES string of the molecule is O=C(CBr)CC(=O)ON1C(=O)CCC1=O. The molecule has 0 aromatic rings. The number of imide groups is 1. The molecule has 0 atom stereocenters. The van der Waals surface area contributed by atoms with Crippen molar-refractivity contribution in [1.82, 2.24) is 5.06 Å². The van der Waals surface area contributed by atoms with Crippen molar-refractivity contribution in [2.45, 2.75) is 19.3 Å². The normalized spacial score (nSPS) is 15.7. The van der Waals surface area contributed by atoms with Crippen LogP contribution in [0.3, 0.4) is 0 Å². The molecule has 0 unspecified atom stereocenters. The first-order chi connectivity index (χ1) is 7.04. The maximum atomic E-state index is 11.0. The first kappa shape index (κ1) is 11.8. The summed E-state index contributed by atoms with van der Waals surface area (Å²) in [7, 11) is 0. The van der Waals surface area contributed by atoms with Crippen molar-refractivity contribution in [2.24, 2.45) is 0 Å². The minimum atomic E-state index is -0.900. The Labute approximate surface area is 93.6 Å². The van der Waals surface area contributed by atoms with Crippen LogP contribution in [0.4, 0.5) is 0 Å². The number of hydrogen-bond acceptors (Lipinski definition) is 5. The second-order valence-electron chi connectivity index (χ2n) is 2.89. The molecule has 0 radical (unpaired) electrons. The molecule has 1 fully saturated rings. The van der Waals surface area contributed by atoms with Crippen LogP contribution >= 0.6 is 15.9 Å². The van der Waals surface area contributed by atoms with Crippen molar-refractivity contribution >= 4 is 39.5 Å². The van der Waals surface area contributed by atoms with Crippen molar-refractivity contribution in [3.05, 3.63) is 0 Å². The Morgan fingerprint density at radius 3 is 2.27 bits per heavy atom. The molecule has 1 aliphatic heterocycles. The van der Waals surface area contributed by atoms with E-state index >= 15 is 0 Å². The Kier molecular flexibility index (Phi) is 3.96. The van der Waals surface area contributed by atoms with Crippen LogP contribution in [0.2, 0.25) is 0 Å². The molecular weight excluding hydrogens is 270 g/mol. The molecule has 0 saturated carbocycles. The lowest BCUT2D eigenvalue weighted by molar-refractivity contribution is -0.197. The fourth-order valence-electron chi connectivity index (χ4n) is 1.00. The quantitative estimate of drug-likeness (QED) is 0.409. The zero-order valence-corrected chi connectivity index (χ0v) is 9.28. The summed E-state index contributed by atoms with van der Waals surface area (Å²) in [6.45, 7) is 0. The van der Waals surface area contributed by atoms with Gasteiger partial charge in [-0.2, -0.15) is 0 Å². The summed E-state index contributed by atoms with van der Waals surface area (Å²) in [5.41, 5.74) is 0. The Morgan fingerprint density at radius 2 is 1.80 bits per heavy atom. The van der Waals surface area contributed by atoms with Crippen LogP contribution < -0.4 is 0 Å².